The Labute approximate surface area is 134 Å². The summed E-state index contributed by atoms with van der Waals surface area (Å²) in [4.78, 5) is 19.2. The lowest BCUT2D eigenvalue weighted by atomic mass is 10.3. The molecule has 0 aliphatic rings. The van der Waals surface area contributed by atoms with E-state index in [1.807, 2.05) is 6.92 Å². The highest BCUT2D eigenvalue weighted by atomic mass is 16.6. The number of hydrogen-bond acceptors (Lipinski definition) is 7. The molecule has 0 aliphatic carbocycles. The minimum atomic E-state index is -0.517. The van der Waals surface area contributed by atoms with E-state index >= 15 is 0 Å². The molecule has 4 rings (SSSR count). The van der Waals surface area contributed by atoms with Crippen molar-refractivity contribution in [3.63, 3.8) is 0 Å². The molecule has 0 fully saturated rings. The van der Waals surface area contributed by atoms with Crippen molar-refractivity contribution >= 4 is 22.5 Å². The summed E-state index contributed by atoms with van der Waals surface area (Å²) in [6.45, 7) is 3.60. The van der Waals surface area contributed by atoms with E-state index in [0.29, 0.717) is 22.8 Å². The lowest BCUT2D eigenvalue weighted by Gasteiger charge is -2.05. The number of hydrogen-bond donors (Lipinski definition) is 0. The molecule has 24 heavy (non-hydrogen) atoms. The van der Waals surface area contributed by atoms with E-state index in [1.165, 1.54) is 6.07 Å². The van der Waals surface area contributed by atoms with Crippen LogP contribution in [0, 0.1) is 17.0 Å². The quantitative estimate of drug-likeness (QED) is 0.407. The molecular weight excluding hydrogens is 314 g/mol. The van der Waals surface area contributed by atoms with E-state index in [9.17, 15) is 10.1 Å². The van der Waals surface area contributed by atoms with Gasteiger partial charge in [0.25, 0.3) is 0 Å². The molecule has 1 atom stereocenters. The van der Waals surface area contributed by atoms with Crippen LogP contribution in [0.15, 0.2) is 18.6 Å². The molecule has 11 heteroatoms. The highest BCUT2D eigenvalue weighted by molar-refractivity contribution is 5.88. The molecule has 0 aromatic carbocycles. The van der Waals surface area contributed by atoms with E-state index < -0.39 is 4.92 Å². The summed E-state index contributed by atoms with van der Waals surface area (Å²) in [6.07, 6.45) is 3.26. The van der Waals surface area contributed by atoms with Crippen molar-refractivity contribution in [2.45, 2.75) is 19.9 Å². The molecule has 0 N–H and O–H groups in total. The van der Waals surface area contributed by atoms with Crippen LogP contribution in [0.4, 0.5) is 5.82 Å². The van der Waals surface area contributed by atoms with Crippen LogP contribution >= 0.6 is 0 Å². The maximum absolute atomic E-state index is 10.9. The Balaban J connectivity index is 1.84. The van der Waals surface area contributed by atoms with E-state index in [2.05, 4.69) is 25.3 Å². The fraction of sp³-hybridized carbons (Fsp3) is 0.308. The molecule has 4 heterocycles. The van der Waals surface area contributed by atoms with Crippen LogP contribution in [0.3, 0.4) is 0 Å². The highest BCUT2D eigenvalue weighted by Gasteiger charge is 2.24. The Morgan fingerprint density at radius 2 is 2.08 bits per heavy atom. The Hall–Kier alpha value is -3.37. The van der Waals surface area contributed by atoms with Gasteiger partial charge < -0.3 is 10.1 Å². The summed E-state index contributed by atoms with van der Waals surface area (Å²) in [5.74, 6) is 0.300. The van der Waals surface area contributed by atoms with Crippen LogP contribution in [0.2, 0.25) is 0 Å². The van der Waals surface area contributed by atoms with Gasteiger partial charge in [0, 0.05) is 7.05 Å². The zero-order valence-electron chi connectivity index (χ0n) is 13.2. The first-order valence-electron chi connectivity index (χ1n) is 7.19. The molecule has 0 saturated heterocycles. The van der Waals surface area contributed by atoms with Crippen molar-refractivity contribution in [3.8, 4) is 0 Å². The SMILES string of the molecule is Cc1cc([N+](=O)[O-])nn1C(C)c1nc2c3cnn(C)c3ncn2n1. The molecule has 0 saturated carbocycles. The second-order valence-corrected chi connectivity index (χ2v) is 5.51. The Bertz CT molecular complexity index is 1090. The second kappa shape index (κ2) is 4.81. The average Bonchev–Trinajstić information content (AvgIpc) is 3.23. The summed E-state index contributed by atoms with van der Waals surface area (Å²) in [5.41, 5.74) is 2.01. The standard InChI is InChI=1S/C13H13N9O2/c1-7-4-10(22(23)24)17-21(7)8(2)11-16-13-9-5-15-19(3)12(9)14-6-20(13)18-11/h4-6,8H,1-3H3. The third-order valence-corrected chi connectivity index (χ3v) is 3.92. The average molecular weight is 327 g/mol. The number of nitrogens with zero attached hydrogens (tertiary/aromatic N) is 9. The first-order valence-corrected chi connectivity index (χ1v) is 7.19. The summed E-state index contributed by atoms with van der Waals surface area (Å²) in [6, 6.07) is 1.07. The van der Waals surface area contributed by atoms with Crippen molar-refractivity contribution in [2.75, 3.05) is 0 Å². The van der Waals surface area contributed by atoms with E-state index in [-0.39, 0.29) is 11.9 Å². The zero-order chi connectivity index (χ0) is 17.0. The van der Waals surface area contributed by atoms with Gasteiger partial charge in [0.05, 0.1) is 28.4 Å². The number of aryl methyl sites for hydroxylation is 2. The van der Waals surface area contributed by atoms with Crippen molar-refractivity contribution in [1.82, 2.24) is 39.1 Å². The van der Waals surface area contributed by atoms with Crippen LogP contribution in [0.25, 0.3) is 16.7 Å². The third kappa shape index (κ3) is 1.94. The van der Waals surface area contributed by atoms with Crippen LogP contribution in [-0.4, -0.2) is 44.1 Å². The topological polar surface area (TPSA) is 122 Å². The van der Waals surface area contributed by atoms with Crippen LogP contribution in [-0.2, 0) is 7.05 Å². The van der Waals surface area contributed by atoms with Crippen LogP contribution < -0.4 is 0 Å². The summed E-state index contributed by atoms with van der Waals surface area (Å²) >= 11 is 0. The normalized spacial score (nSPS) is 13.0. The Morgan fingerprint density at radius 1 is 1.29 bits per heavy atom. The van der Waals surface area contributed by atoms with Crippen molar-refractivity contribution in [1.29, 1.82) is 0 Å². The molecule has 0 radical (unpaired) electrons. The van der Waals surface area contributed by atoms with Crippen molar-refractivity contribution < 1.29 is 4.92 Å². The fourth-order valence-corrected chi connectivity index (χ4v) is 2.69. The number of fused-ring (bicyclic) bond motifs is 3. The Kier molecular flexibility index (Phi) is 2.85. The number of rotatable bonds is 3. The fourth-order valence-electron chi connectivity index (χ4n) is 2.69. The second-order valence-electron chi connectivity index (χ2n) is 5.51. The smallest absolute Gasteiger partial charge is 0.358 e. The zero-order valence-corrected chi connectivity index (χ0v) is 13.2. The van der Waals surface area contributed by atoms with E-state index in [4.69, 9.17) is 0 Å². The first kappa shape index (κ1) is 14.2. The number of nitro groups is 1. The summed E-state index contributed by atoms with van der Waals surface area (Å²) in [7, 11) is 1.80. The van der Waals surface area contributed by atoms with Crippen LogP contribution in [0.5, 0.6) is 0 Å². The van der Waals surface area contributed by atoms with E-state index in [1.54, 1.807) is 40.4 Å². The van der Waals surface area contributed by atoms with Gasteiger partial charge >= 0.3 is 5.82 Å². The molecule has 4 aromatic heterocycles. The lowest BCUT2D eigenvalue weighted by molar-refractivity contribution is -0.389. The molecule has 0 amide bonds. The Morgan fingerprint density at radius 3 is 2.79 bits per heavy atom. The monoisotopic (exact) mass is 327 g/mol. The van der Waals surface area contributed by atoms with Gasteiger partial charge in [0.15, 0.2) is 17.1 Å². The molecule has 0 aliphatic heterocycles. The molecule has 1 unspecified atom stereocenters. The molecule has 4 aromatic rings. The van der Waals surface area contributed by atoms with Gasteiger partial charge in [-0.05, 0) is 18.8 Å². The highest BCUT2D eigenvalue weighted by Crippen LogP contribution is 2.22. The minimum Gasteiger partial charge on any atom is -0.358 e. The summed E-state index contributed by atoms with van der Waals surface area (Å²) in [5, 5.41) is 24.3. The third-order valence-electron chi connectivity index (χ3n) is 3.92. The van der Waals surface area contributed by atoms with E-state index in [0.717, 1.165) is 5.39 Å². The largest absolute Gasteiger partial charge is 0.390 e. The molecule has 11 nitrogen and oxygen atoms in total. The first-order chi connectivity index (χ1) is 11.5. The predicted octanol–water partition coefficient (Wildman–Crippen LogP) is 1.03. The van der Waals surface area contributed by atoms with Crippen molar-refractivity contribution in [3.05, 3.63) is 40.2 Å². The van der Waals surface area contributed by atoms with Gasteiger partial charge in [-0.15, -0.1) is 5.10 Å². The maximum Gasteiger partial charge on any atom is 0.390 e. The summed E-state index contributed by atoms with van der Waals surface area (Å²) < 4.78 is 4.78. The van der Waals surface area contributed by atoms with Gasteiger partial charge in [-0.3, -0.25) is 4.68 Å². The van der Waals surface area contributed by atoms with Gasteiger partial charge in [-0.1, -0.05) is 0 Å². The lowest BCUT2D eigenvalue weighted by Crippen LogP contribution is -2.12. The van der Waals surface area contributed by atoms with Gasteiger partial charge in [0.1, 0.15) is 12.4 Å². The molecular formula is C13H13N9O2. The predicted molar refractivity (Wildman–Crippen MR) is 82.5 cm³/mol. The van der Waals surface area contributed by atoms with Crippen LogP contribution in [0.1, 0.15) is 24.5 Å². The molecule has 0 spiro atoms. The minimum absolute atomic E-state index is 0.195. The van der Waals surface area contributed by atoms with Gasteiger partial charge in [-0.25, -0.2) is 14.5 Å². The van der Waals surface area contributed by atoms with Gasteiger partial charge in [0.2, 0.25) is 0 Å². The number of aromatic nitrogens is 8. The van der Waals surface area contributed by atoms with Gasteiger partial charge in [-0.2, -0.15) is 9.78 Å². The maximum atomic E-state index is 10.9. The molecule has 122 valence electrons. The van der Waals surface area contributed by atoms with Crippen molar-refractivity contribution in [2.24, 2.45) is 7.05 Å². The molecule has 0 bridgehead atoms.